The molecule has 0 saturated carbocycles. The highest BCUT2D eigenvalue weighted by molar-refractivity contribution is 7.45. The average Bonchev–Trinajstić information content (AvgIpc) is 3.41. The molecule has 0 aromatic rings. The number of phosphoric ester groups is 1. The van der Waals surface area contributed by atoms with E-state index in [0.29, 0.717) is 23.9 Å². The maximum atomic E-state index is 13.6. The zero-order valence-corrected chi connectivity index (χ0v) is 53.5. The van der Waals surface area contributed by atoms with Gasteiger partial charge in [-0.1, -0.05) is 261 Å². The molecule has 1 N–H and O–H groups in total. The van der Waals surface area contributed by atoms with Crippen LogP contribution in [0.25, 0.3) is 0 Å². The summed E-state index contributed by atoms with van der Waals surface area (Å²) in [5.74, 6) is -0.552. The minimum Gasteiger partial charge on any atom is -0.756 e. The number of ether oxygens (including phenoxy) is 1. The van der Waals surface area contributed by atoms with Crippen molar-refractivity contribution in [2.45, 2.75) is 315 Å². The number of hydrogen-bond donors (Lipinski definition) is 1. The first-order valence-corrected chi connectivity index (χ1v) is 34.7. The van der Waals surface area contributed by atoms with Gasteiger partial charge >= 0.3 is 5.97 Å². The SMILES string of the molecule is CCCCC/C=C\C/C=C\C/C=C\CCCCCCCCC(=O)OC(/C=C/CCCCCCCCCCCCC)C(COP(=O)([O-])OCC[N+](C)(C)C)NC(=O)CCCCCCCCCCCCC/C=C\C/C=C\CCCCC. The highest BCUT2D eigenvalue weighted by Crippen LogP contribution is 2.38. The van der Waals surface area contributed by atoms with Gasteiger partial charge in [-0.15, -0.1) is 0 Å². The largest absolute Gasteiger partial charge is 0.756 e. The Morgan fingerprint density at radius 2 is 0.772 bits per heavy atom. The van der Waals surface area contributed by atoms with E-state index in [0.717, 1.165) is 83.5 Å². The van der Waals surface area contributed by atoms with E-state index in [1.165, 1.54) is 180 Å². The molecule has 0 aromatic carbocycles. The molecule has 0 rings (SSSR count). The normalized spacial score (nSPS) is 14.1. The number of amides is 1. The van der Waals surface area contributed by atoms with E-state index in [2.05, 4.69) is 86.8 Å². The standard InChI is InChI=1S/C69H127N2O7P/c1-7-10-13-16-19-22-25-28-30-32-34-35-37-38-40-43-46-49-52-55-58-61-68(72)70-66(65-77-79(74,75)76-64-63-71(4,5)6)67(60-57-54-51-48-45-42-27-24-21-18-15-12-9-3)78-69(73)62-59-56-53-50-47-44-41-39-36-33-31-29-26-23-20-17-14-11-8-2/h19-20,22-23,28-31,36,39,57,60,66-67H,7-18,21,24-27,32-35,37-38,40-56,58-59,61-65H2,1-6H3,(H-,70,72,74,75)/b22-19-,23-20-,30-28-,31-29-,39-36-,60-57+. The molecule has 0 heterocycles. The lowest BCUT2D eigenvalue weighted by molar-refractivity contribution is -0.870. The van der Waals surface area contributed by atoms with E-state index < -0.39 is 26.6 Å². The Balaban J connectivity index is 5.23. The van der Waals surface area contributed by atoms with Crippen LogP contribution in [0.2, 0.25) is 0 Å². The van der Waals surface area contributed by atoms with Crippen LogP contribution < -0.4 is 10.2 Å². The van der Waals surface area contributed by atoms with Crippen LogP contribution in [-0.4, -0.2) is 69.4 Å². The lowest BCUT2D eigenvalue weighted by Crippen LogP contribution is -2.47. The fourth-order valence-electron chi connectivity index (χ4n) is 9.44. The molecule has 79 heavy (non-hydrogen) atoms. The third-order valence-electron chi connectivity index (χ3n) is 14.6. The van der Waals surface area contributed by atoms with Crippen molar-refractivity contribution in [2.24, 2.45) is 0 Å². The first-order chi connectivity index (χ1) is 38.4. The molecular weight excluding hydrogens is 1000 g/mol. The van der Waals surface area contributed by atoms with Crippen molar-refractivity contribution in [3.05, 3.63) is 72.9 Å². The summed E-state index contributed by atoms with van der Waals surface area (Å²) in [7, 11) is 1.18. The lowest BCUT2D eigenvalue weighted by atomic mass is 10.0. The van der Waals surface area contributed by atoms with Gasteiger partial charge in [-0.25, -0.2) is 0 Å². The van der Waals surface area contributed by atoms with Gasteiger partial charge in [0.1, 0.15) is 19.3 Å². The molecule has 0 aliphatic heterocycles. The molecule has 0 spiro atoms. The van der Waals surface area contributed by atoms with Gasteiger partial charge in [-0.3, -0.25) is 14.2 Å². The molecule has 0 radical (unpaired) electrons. The van der Waals surface area contributed by atoms with Gasteiger partial charge in [0.15, 0.2) is 0 Å². The number of carbonyl (C=O) groups is 2. The fourth-order valence-corrected chi connectivity index (χ4v) is 10.2. The first-order valence-electron chi connectivity index (χ1n) is 33.2. The highest BCUT2D eigenvalue weighted by atomic mass is 31.2. The number of allylic oxidation sites excluding steroid dienone is 11. The smallest absolute Gasteiger partial charge is 0.306 e. The number of esters is 1. The van der Waals surface area contributed by atoms with Gasteiger partial charge in [-0.05, 0) is 102 Å². The second-order valence-corrected chi connectivity index (χ2v) is 25.0. The molecule has 3 unspecified atom stereocenters. The van der Waals surface area contributed by atoms with Crippen molar-refractivity contribution in [3.8, 4) is 0 Å². The van der Waals surface area contributed by atoms with Crippen molar-refractivity contribution < 1.29 is 37.3 Å². The Kier molecular flexibility index (Phi) is 56.7. The van der Waals surface area contributed by atoms with E-state index in [1.54, 1.807) is 0 Å². The summed E-state index contributed by atoms with van der Waals surface area (Å²) in [4.78, 5) is 40.1. The van der Waals surface area contributed by atoms with E-state index in [1.807, 2.05) is 33.3 Å². The predicted molar refractivity (Wildman–Crippen MR) is 339 cm³/mol. The number of carbonyl (C=O) groups excluding carboxylic acids is 2. The zero-order chi connectivity index (χ0) is 57.9. The molecule has 10 heteroatoms. The number of unbranched alkanes of at least 4 members (excludes halogenated alkanes) is 34. The van der Waals surface area contributed by atoms with Gasteiger partial charge in [-0.2, -0.15) is 0 Å². The summed E-state index contributed by atoms with van der Waals surface area (Å²) in [5.41, 5.74) is 0. The van der Waals surface area contributed by atoms with Gasteiger partial charge in [0.25, 0.3) is 7.82 Å². The van der Waals surface area contributed by atoms with Crippen LogP contribution in [0.1, 0.15) is 303 Å². The second-order valence-electron chi connectivity index (χ2n) is 23.6. The number of rotatable bonds is 60. The number of phosphoric acid groups is 1. The average molecular weight is 1130 g/mol. The molecule has 0 aromatic heterocycles. The van der Waals surface area contributed by atoms with Crippen molar-refractivity contribution >= 4 is 19.7 Å². The van der Waals surface area contributed by atoms with E-state index >= 15 is 0 Å². The van der Waals surface area contributed by atoms with Crippen LogP contribution in [0.3, 0.4) is 0 Å². The summed E-state index contributed by atoms with van der Waals surface area (Å²) >= 11 is 0. The predicted octanol–water partition coefficient (Wildman–Crippen LogP) is 20.2. The summed E-state index contributed by atoms with van der Waals surface area (Å²) in [6.45, 7) is 6.81. The van der Waals surface area contributed by atoms with Crippen molar-refractivity contribution in [2.75, 3.05) is 40.9 Å². The monoisotopic (exact) mass is 1130 g/mol. The van der Waals surface area contributed by atoms with Crippen LogP contribution in [0.4, 0.5) is 0 Å². The Hall–Kier alpha value is -2.55. The molecule has 460 valence electrons. The molecule has 0 aliphatic carbocycles. The Labute approximate surface area is 489 Å². The van der Waals surface area contributed by atoms with Crippen molar-refractivity contribution in [1.29, 1.82) is 0 Å². The van der Waals surface area contributed by atoms with E-state index in [-0.39, 0.29) is 24.9 Å². The second kappa shape index (κ2) is 58.6. The maximum Gasteiger partial charge on any atom is 0.306 e. The van der Waals surface area contributed by atoms with Crippen LogP contribution in [0.15, 0.2) is 72.9 Å². The Morgan fingerprint density at radius 1 is 0.443 bits per heavy atom. The number of quaternary nitrogens is 1. The summed E-state index contributed by atoms with van der Waals surface area (Å²) in [5, 5.41) is 3.04. The number of likely N-dealkylation sites (N-methyl/N-ethyl adjacent to an activating group) is 1. The Bertz CT molecular complexity index is 1580. The first kappa shape index (κ1) is 76.5. The molecule has 1 amide bonds. The molecule has 0 fully saturated rings. The Morgan fingerprint density at radius 3 is 1.18 bits per heavy atom. The highest BCUT2D eigenvalue weighted by Gasteiger charge is 2.27. The summed E-state index contributed by atoms with van der Waals surface area (Å²) < 4.78 is 30.4. The van der Waals surface area contributed by atoms with Gasteiger partial charge in [0.2, 0.25) is 5.91 Å². The van der Waals surface area contributed by atoms with E-state index in [9.17, 15) is 19.0 Å². The lowest BCUT2D eigenvalue weighted by Gasteiger charge is -2.30. The summed E-state index contributed by atoms with van der Waals surface area (Å²) in [6, 6.07) is -0.898. The number of nitrogens with one attached hydrogen (secondary N) is 1. The number of hydrogen-bond acceptors (Lipinski definition) is 7. The topological polar surface area (TPSA) is 114 Å². The molecular formula is C69H127N2O7P. The van der Waals surface area contributed by atoms with Crippen LogP contribution in [-0.2, 0) is 27.9 Å². The third kappa shape index (κ3) is 59.9. The molecule has 0 saturated heterocycles. The number of nitrogens with zero attached hydrogens (tertiary/aromatic N) is 1. The van der Waals surface area contributed by atoms with E-state index in [4.69, 9.17) is 13.8 Å². The van der Waals surface area contributed by atoms with Crippen molar-refractivity contribution in [3.63, 3.8) is 0 Å². The van der Waals surface area contributed by atoms with Crippen LogP contribution in [0, 0.1) is 0 Å². The minimum atomic E-state index is -4.71. The summed E-state index contributed by atoms with van der Waals surface area (Å²) in [6.07, 6.45) is 75.7. The van der Waals surface area contributed by atoms with Gasteiger partial charge in [0, 0.05) is 12.8 Å². The van der Waals surface area contributed by atoms with Crippen LogP contribution >= 0.6 is 7.82 Å². The minimum absolute atomic E-state index is 0.0267. The molecule has 9 nitrogen and oxygen atoms in total. The van der Waals surface area contributed by atoms with Gasteiger partial charge < -0.3 is 28.5 Å². The fraction of sp³-hybridized carbons (Fsp3) is 0.797. The maximum absolute atomic E-state index is 13.6. The van der Waals surface area contributed by atoms with Crippen molar-refractivity contribution in [1.82, 2.24) is 5.32 Å². The van der Waals surface area contributed by atoms with Crippen LogP contribution in [0.5, 0.6) is 0 Å². The third-order valence-corrected chi connectivity index (χ3v) is 15.6. The zero-order valence-electron chi connectivity index (χ0n) is 52.6. The van der Waals surface area contributed by atoms with Gasteiger partial charge in [0.05, 0.1) is 33.8 Å². The molecule has 0 bridgehead atoms. The quantitative estimate of drug-likeness (QED) is 0.0212. The molecule has 3 atom stereocenters. The molecule has 0 aliphatic rings.